The van der Waals surface area contributed by atoms with Crippen molar-refractivity contribution < 1.29 is 9.90 Å². The van der Waals surface area contributed by atoms with E-state index in [1.807, 2.05) is 30.3 Å². The summed E-state index contributed by atoms with van der Waals surface area (Å²) >= 11 is 0. The van der Waals surface area contributed by atoms with Crippen molar-refractivity contribution in [2.45, 2.75) is 6.54 Å². The molecule has 0 aliphatic rings. The summed E-state index contributed by atoms with van der Waals surface area (Å²) < 4.78 is 0. The molecule has 0 aliphatic heterocycles. The first-order valence-electron chi connectivity index (χ1n) is 8.13. The maximum atomic E-state index is 12.4. The van der Waals surface area contributed by atoms with E-state index in [1.54, 1.807) is 49.3 Å². The zero-order chi connectivity index (χ0) is 19.1. The molecular formula is C20H24N4O2. The zero-order valence-electron chi connectivity index (χ0n) is 15.0. The van der Waals surface area contributed by atoms with E-state index in [0.29, 0.717) is 23.5 Å². The van der Waals surface area contributed by atoms with Gasteiger partial charge in [0.2, 0.25) is 5.91 Å². The summed E-state index contributed by atoms with van der Waals surface area (Å²) in [6, 6.07) is 16.2. The minimum absolute atomic E-state index is 0.150. The average molecular weight is 352 g/mol. The van der Waals surface area contributed by atoms with Crippen molar-refractivity contribution in [1.82, 2.24) is 9.91 Å². The van der Waals surface area contributed by atoms with Crippen LogP contribution in [0.5, 0.6) is 5.75 Å². The average Bonchev–Trinajstić information content (AvgIpc) is 2.62. The van der Waals surface area contributed by atoms with Gasteiger partial charge in [-0.25, -0.2) is 5.84 Å². The summed E-state index contributed by atoms with van der Waals surface area (Å²) in [6.07, 6.45) is 3.03. The van der Waals surface area contributed by atoms with Gasteiger partial charge in [-0.3, -0.25) is 4.79 Å². The van der Waals surface area contributed by atoms with Crippen molar-refractivity contribution in [3.05, 3.63) is 83.6 Å². The summed E-state index contributed by atoms with van der Waals surface area (Å²) in [5.41, 5.74) is 8.83. The van der Waals surface area contributed by atoms with Gasteiger partial charge in [-0.15, -0.1) is 0 Å². The lowest BCUT2D eigenvalue weighted by molar-refractivity contribution is -0.125. The molecule has 1 amide bonds. The predicted octanol–water partition coefficient (Wildman–Crippen LogP) is 2.04. The minimum atomic E-state index is -0.160. The molecule has 0 aromatic heterocycles. The van der Waals surface area contributed by atoms with Gasteiger partial charge in [0.05, 0.1) is 11.4 Å². The van der Waals surface area contributed by atoms with Gasteiger partial charge in [-0.1, -0.05) is 30.3 Å². The molecule has 0 bridgehead atoms. The largest absolute Gasteiger partial charge is 0.508 e. The molecule has 2 aromatic rings. The van der Waals surface area contributed by atoms with Crippen molar-refractivity contribution in [2.24, 2.45) is 11.6 Å². The standard InChI is InChI=1S/C20H24N4O2/c1-23(14-15-6-4-3-5-7-15)19(26)13-12-18(24(2)22)20(21)16-8-10-17(25)11-9-16/h3-13,25H,14,21-22H2,1-2H3/b13-12+,20-18-. The lowest BCUT2D eigenvalue weighted by atomic mass is 10.1. The van der Waals surface area contributed by atoms with Gasteiger partial charge in [0.25, 0.3) is 0 Å². The number of amides is 1. The van der Waals surface area contributed by atoms with E-state index in [2.05, 4.69) is 0 Å². The second-order valence-corrected chi connectivity index (χ2v) is 5.97. The monoisotopic (exact) mass is 352 g/mol. The van der Waals surface area contributed by atoms with Crippen LogP contribution in [0.15, 0.2) is 72.4 Å². The number of benzene rings is 2. The lowest BCUT2D eigenvalue weighted by Gasteiger charge is -2.18. The van der Waals surface area contributed by atoms with Crippen molar-refractivity contribution in [3.8, 4) is 5.75 Å². The van der Waals surface area contributed by atoms with Gasteiger partial charge in [0.1, 0.15) is 5.75 Å². The fourth-order valence-electron chi connectivity index (χ4n) is 2.40. The van der Waals surface area contributed by atoms with Crippen molar-refractivity contribution in [2.75, 3.05) is 14.1 Å². The van der Waals surface area contributed by atoms with Crippen LogP contribution in [0.1, 0.15) is 11.1 Å². The van der Waals surface area contributed by atoms with Crippen LogP contribution in [0, 0.1) is 0 Å². The van der Waals surface area contributed by atoms with Crippen molar-refractivity contribution >= 4 is 11.6 Å². The maximum absolute atomic E-state index is 12.4. The third kappa shape index (κ3) is 5.12. The predicted molar refractivity (Wildman–Crippen MR) is 103 cm³/mol. The van der Waals surface area contributed by atoms with E-state index in [4.69, 9.17) is 11.6 Å². The Labute approximate surface area is 153 Å². The van der Waals surface area contributed by atoms with Gasteiger partial charge < -0.3 is 20.7 Å². The van der Waals surface area contributed by atoms with E-state index in [1.165, 1.54) is 11.1 Å². The Morgan fingerprint density at radius 2 is 1.65 bits per heavy atom. The molecule has 0 radical (unpaired) electrons. The Hall–Kier alpha value is -3.25. The van der Waals surface area contributed by atoms with Gasteiger partial charge in [-0.05, 0) is 41.5 Å². The molecule has 2 aromatic carbocycles. The number of rotatable bonds is 6. The highest BCUT2D eigenvalue weighted by molar-refractivity contribution is 5.88. The van der Waals surface area contributed by atoms with Crippen LogP contribution in [0.25, 0.3) is 5.70 Å². The van der Waals surface area contributed by atoms with Crippen LogP contribution < -0.4 is 11.6 Å². The Kier molecular flexibility index (Phi) is 6.41. The number of likely N-dealkylation sites (N-methyl/N-ethyl adjacent to an activating group) is 2. The first-order chi connectivity index (χ1) is 12.4. The number of phenolic OH excluding ortho intramolecular Hbond substituents is 1. The third-order valence-electron chi connectivity index (χ3n) is 3.86. The van der Waals surface area contributed by atoms with E-state index in [0.717, 1.165) is 5.56 Å². The number of nitrogens with two attached hydrogens (primary N) is 2. The van der Waals surface area contributed by atoms with Gasteiger partial charge in [0, 0.05) is 26.7 Å². The quantitative estimate of drug-likeness (QED) is 0.320. The van der Waals surface area contributed by atoms with E-state index < -0.39 is 0 Å². The number of hydrogen-bond acceptors (Lipinski definition) is 5. The van der Waals surface area contributed by atoms with Gasteiger partial charge in [-0.2, -0.15) is 0 Å². The molecule has 0 spiro atoms. The highest BCUT2D eigenvalue weighted by Gasteiger charge is 2.09. The highest BCUT2D eigenvalue weighted by atomic mass is 16.3. The molecule has 0 saturated carbocycles. The van der Waals surface area contributed by atoms with E-state index in [-0.39, 0.29) is 11.7 Å². The molecule has 0 saturated heterocycles. The molecule has 0 unspecified atom stereocenters. The van der Waals surface area contributed by atoms with Crippen LogP contribution in [-0.4, -0.2) is 35.0 Å². The summed E-state index contributed by atoms with van der Waals surface area (Å²) in [6.45, 7) is 0.509. The third-order valence-corrected chi connectivity index (χ3v) is 3.86. The summed E-state index contributed by atoms with van der Waals surface area (Å²) in [5.74, 6) is 5.85. The zero-order valence-corrected chi connectivity index (χ0v) is 15.0. The number of nitrogens with zero attached hydrogens (tertiary/aromatic N) is 2. The molecule has 0 fully saturated rings. The number of allylic oxidation sites excluding steroid dienone is 1. The molecular weight excluding hydrogens is 328 g/mol. The lowest BCUT2D eigenvalue weighted by Crippen LogP contribution is -2.28. The van der Waals surface area contributed by atoms with Crippen LogP contribution in [0.2, 0.25) is 0 Å². The molecule has 6 heteroatoms. The number of carbonyl (C=O) groups excluding carboxylic acids is 1. The van der Waals surface area contributed by atoms with Crippen molar-refractivity contribution in [3.63, 3.8) is 0 Å². The first-order valence-corrected chi connectivity index (χ1v) is 8.13. The highest BCUT2D eigenvalue weighted by Crippen LogP contribution is 2.18. The summed E-state index contributed by atoms with van der Waals surface area (Å²) in [5, 5.41) is 10.7. The molecule has 2 rings (SSSR count). The Balaban J connectivity index is 2.16. The van der Waals surface area contributed by atoms with E-state index >= 15 is 0 Å². The second-order valence-electron chi connectivity index (χ2n) is 5.97. The molecule has 26 heavy (non-hydrogen) atoms. The Bertz CT molecular complexity index is 796. The number of aromatic hydroxyl groups is 1. The number of hydrogen-bond donors (Lipinski definition) is 3. The van der Waals surface area contributed by atoms with Crippen LogP contribution in [0.3, 0.4) is 0 Å². The summed E-state index contributed by atoms with van der Waals surface area (Å²) in [7, 11) is 3.38. The van der Waals surface area contributed by atoms with E-state index in [9.17, 15) is 9.90 Å². The normalized spacial score (nSPS) is 12.0. The maximum Gasteiger partial charge on any atom is 0.246 e. The van der Waals surface area contributed by atoms with Crippen LogP contribution in [0.4, 0.5) is 0 Å². The molecule has 6 nitrogen and oxygen atoms in total. The molecule has 136 valence electrons. The second kappa shape index (κ2) is 8.73. The van der Waals surface area contributed by atoms with Gasteiger partial charge in [0.15, 0.2) is 0 Å². The molecule has 0 atom stereocenters. The fraction of sp³-hybridized carbons (Fsp3) is 0.150. The smallest absolute Gasteiger partial charge is 0.246 e. The van der Waals surface area contributed by atoms with Gasteiger partial charge >= 0.3 is 0 Å². The Morgan fingerprint density at radius 1 is 1.04 bits per heavy atom. The fourth-order valence-corrected chi connectivity index (χ4v) is 2.40. The molecule has 0 aliphatic carbocycles. The number of carbonyl (C=O) groups is 1. The molecule has 0 heterocycles. The first kappa shape index (κ1) is 19.1. The SMILES string of the molecule is CN(Cc1ccccc1)C(=O)/C=C/C(=C(/N)c1ccc(O)cc1)N(C)N. The Morgan fingerprint density at radius 3 is 2.23 bits per heavy atom. The minimum Gasteiger partial charge on any atom is -0.508 e. The summed E-state index contributed by atoms with van der Waals surface area (Å²) in [4.78, 5) is 14.0. The van der Waals surface area contributed by atoms with Crippen LogP contribution in [-0.2, 0) is 11.3 Å². The number of phenols is 1. The number of hydrazine groups is 1. The topological polar surface area (TPSA) is 95.8 Å². The molecule has 5 N–H and O–H groups in total. The van der Waals surface area contributed by atoms with Crippen molar-refractivity contribution in [1.29, 1.82) is 0 Å². The van der Waals surface area contributed by atoms with Crippen LogP contribution >= 0.6 is 0 Å².